The number of hydrogen-bond acceptors (Lipinski definition) is 3. The molecule has 0 aliphatic carbocycles. The van der Waals surface area contributed by atoms with Crippen LogP contribution >= 0.6 is 0 Å². The number of likely N-dealkylation sites (N-methyl/N-ethyl adjacent to an activating group) is 1. The average Bonchev–Trinajstić information content (AvgIpc) is 2.32. The Bertz CT molecular complexity index is 316. The first-order valence-corrected chi connectivity index (χ1v) is 5.97. The van der Waals surface area contributed by atoms with Crippen molar-refractivity contribution in [2.75, 3.05) is 20.3 Å². The molecule has 0 aromatic heterocycles. The predicted octanol–water partition coefficient (Wildman–Crippen LogP) is 2.43. The van der Waals surface area contributed by atoms with Crippen LogP contribution in [0.5, 0.6) is 0 Å². The lowest BCUT2D eigenvalue weighted by Crippen LogP contribution is -2.50. The highest BCUT2D eigenvalue weighted by Crippen LogP contribution is 2.35. The van der Waals surface area contributed by atoms with Crippen LogP contribution in [0.15, 0.2) is 0 Å². The van der Waals surface area contributed by atoms with E-state index >= 15 is 0 Å². The van der Waals surface area contributed by atoms with E-state index in [0.717, 1.165) is 0 Å². The smallest absolute Gasteiger partial charge is 0.455 e. The van der Waals surface area contributed by atoms with E-state index in [1.807, 2.05) is 0 Å². The van der Waals surface area contributed by atoms with Crippen molar-refractivity contribution in [3.63, 3.8) is 0 Å². The maximum absolute atomic E-state index is 12.5. The van der Waals surface area contributed by atoms with Crippen molar-refractivity contribution >= 4 is 5.97 Å². The van der Waals surface area contributed by atoms with Gasteiger partial charge in [-0.1, -0.05) is 6.92 Å². The van der Waals surface area contributed by atoms with Crippen molar-refractivity contribution in [1.29, 1.82) is 0 Å². The van der Waals surface area contributed by atoms with Crippen molar-refractivity contribution < 1.29 is 36.6 Å². The quantitative estimate of drug-likeness (QED) is 0.507. The van der Waals surface area contributed by atoms with E-state index in [1.165, 1.54) is 7.05 Å². The van der Waals surface area contributed by atoms with Gasteiger partial charge in [0, 0.05) is 6.61 Å². The Hall–Kier alpha value is -0.960. The summed E-state index contributed by atoms with van der Waals surface area (Å²) in [4.78, 5) is 11.1. The van der Waals surface area contributed by atoms with Crippen molar-refractivity contribution in [3.8, 4) is 0 Å². The molecule has 20 heavy (non-hydrogen) atoms. The van der Waals surface area contributed by atoms with E-state index in [-0.39, 0.29) is 25.9 Å². The van der Waals surface area contributed by atoms with E-state index in [2.05, 4.69) is 10.1 Å². The summed E-state index contributed by atoms with van der Waals surface area (Å²) in [6, 6.07) is 0. The zero-order valence-electron chi connectivity index (χ0n) is 11.2. The second kappa shape index (κ2) is 7.16. The van der Waals surface area contributed by atoms with Gasteiger partial charge in [-0.25, -0.2) is 0 Å². The van der Waals surface area contributed by atoms with Gasteiger partial charge in [0.2, 0.25) is 0 Å². The summed E-state index contributed by atoms with van der Waals surface area (Å²) in [5, 5.41) is 11.7. The van der Waals surface area contributed by atoms with Gasteiger partial charge in [0.15, 0.2) is 0 Å². The van der Waals surface area contributed by atoms with Gasteiger partial charge in [0.1, 0.15) is 12.1 Å². The second-order valence-corrected chi connectivity index (χ2v) is 4.35. The van der Waals surface area contributed by atoms with Crippen molar-refractivity contribution in [2.45, 2.75) is 43.8 Å². The lowest BCUT2D eigenvalue weighted by Gasteiger charge is -2.27. The monoisotopic (exact) mass is 307 g/mol. The first kappa shape index (κ1) is 19.0. The maximum Gasteiger partial charge on any atom is 0.455 e. The summed E-state index contributed by atoms with van der Waals surface area (Å²) >= 11 is 0. The van der Waals surface area contributed by atoms with Crippen molar-refractivity contribution in [3.05, 3.63) is 0 Å². The molecule has 1 atom stereocenters. The summed E-state index contributed by atoms with van der Waals surface area (Å²) in [6.07, 6.45) is -5.29. The first-order chi connectivity index (χ1) is 9.02. The molecule has 0 spiro atoms. The number of nitrogens with one attached hydrogen (secondary N) is 1. The normalized spacial score (nSPS) is 15.9. The molecule has 0 aliphatic heterocycles. The fourth-order valence-corrected chi connectivity index (χ4v) is 1.60. The minimum absolute atomic E-state index is 0.0505. The largest absolute Gasteiger partial charge is 0.480 e. The minimum atomic E-state index is -5.65. The molecule has 4 nitrogen and oxygen atoms in total. The third-order valence-corrected chi connectivity index (χ3v) is 3.08. The molecule has 1 unspecified atom stereocenters. The predicted molar refractivity (Wildman–Crippen MR) is 60.8 cm³/mol. The van der Waals surface area contributed by atoms with Crippen LogP contribution in [0.4, 0.5) is 22.0 Å². The number of halogens is 5. The number of carboxylic acids is 1. The molecule has 0 radical (unpaired) electrons. The number of hydrogen-bond donors (Lipinski definition) is 2. The molecule has 0 bridgehead atoms. The van der Waals surface area contributed by atoms with Crippen LogP contribution in [0.1, 0.15) is 26.2 Å². The SMILES string of the molecule is CCC(CCCOCC(F)(F)C(F)(F)F)(NC)C(=O)O. The van der Waals surface area contributed by atoms with Gasteiger partial charge in [0.05, 0.1) is 0 Å². The van der Waals surface area contributed by atoms with E-state index < -0.39 is 30.2 Å². The summed E-state index contributed by atoms with van der Waals surface area (Å²) in [6.45, 7) is -0.506. The molecule has 0 amide bonds. The summed E-state index contributed by atoms with van der Waals surface area (Å²) in [5.41, 5.74) is -1.23. The lowest BCUT2D eigenvalue weighted by atomic mass is 9.91. The number of rotatable bonds is 9. The van der Waals surface area contributed by atoms with Crippen LogP contribution in [0, 0.1) is 0 Å². The van der Waals surface area contributed by atoms with Gasteiger partial charge in [-0.15, -0.1) is 0 Å². The maximum atomic E-state index is 12.5. The molecular formula is C11H18F5NO3. The summed E-state index contributed by atoms with van der Waals surface area (Å²) < 4.78 is 64.8. The van der Waals surface area contributed by atoms with Crippen molar-refractivity contribution in [1.82, 2.24) is 5.32 Å². The Morgan fingerprint density at radius 3 is 2.15 bits per heavy atom. The van der Waals surface area contributed by atoms with Crippen molar-refractivity contribution in [2.24, 2.45) is 0 Å². The van der Waals surface area contributed by atoms with Gasteiger partial charge in [0.25, 0.3) is 0 Å². The van der Waals surface area contributed by atoms with Crippen LogP contribution in [0.3, 0.4) is 0 Å². The van der Waals surface area contributed by atoms with E-state index in [4.69, 9.17) is 5.11 Å². The van der Waals surface area contributed by atoms with E-state index in [9.17, 15) is 26.7 Å². The fourth-order valence-electron chi connectivity index (χ4n) is 1.60. The topological polar surface area (TPSA) is 58.6 Å². The molecule has 2 N–H and O–H groups in total. The van der Waals surface area contributed by atoms with Crippen LogP contribution in [0.2, 0.25) is 0 Å². The Kier molecular flexibility index (Phi) is 6.82. The number of alkyl halides is 5. The zero-order valence-corrected chi connectivity index (χ0v) is 11.2. The van der Waals surface area contributed by atoms with Gasteiger partial charge >= 0.3 is 18.1 Å². The molecule has 120 valence electrons. The number of aliphatic carboxylic acids is 1. The van der Waals surface area contributed by atoms with Gasteiger partial charge in [-0.05, 0) is 26.3 Å². The Balaban J connectivity index is 4.18. The molecule has 0 saturated heterocycles. The molecule has 0 heterocycles. The molecule has 0 fully saturated rings. The van der Waals surface area contributed by atoms with Gasteiger partial charge in [-0.3, -0.25) is 4.79 Å². The highest BCUT2D eigenvalue weighted by Gasteiger charge is 2.57. The lowest BCUT2D eigenvalue weighted by molar-refractivity contribution is -0.296. The minimum Gasteiger partial charge on any atom is -0.480 e. The van der Waals surface area contributed by atoms with Crippen LogP contribution < -0.4 is 5.32 Å². The Morgan fingerprint density at radius 1 is 1.25 bits per heavy atom. The Labute approximate surface area is 113 Å². The standard InChI is InChI=1S/C11H18F5NO3/c1-3-9(17-2,8(18)19)5-4-6-20-7-10(12,13)11(14,15)16/h17H,3-7H2,1-2H3,(H,18,19). The fraction of sp³-hybridized carbons (Fsp3) is 0.909. The summed E-state index contributed by atoms with van der Waals surface area (Å²) in [7, 11) is 1.44. The third kappa shape index (κ3) is 4.86. The van der Waals surface area contributed by atoms with E-state index in [0.29, 0.717) is 0 Å². The third-order valence-electron chi connectivity index (χ3n) is 3.08. The summed E-state index contributed by atoms with van der Waals surface area (Å²) in [5.74, 6) is -6.01. The van der Waals surface area contributed by atoms with E-state index in [1.54, 1.807) is 6.92 Å². The average molecular weight is 307 g/mol. The van der Waals surface area contributed by atoms with Crippen LogP contribution in [-0.4, -0.2) is 49.0 Å². The number of carbonyl (C=O) groups is 1. The van der Waals surface area contributed by atoms with Gasteiger partial charge in [-0.2, -0.15) is 22.0 Å². The first-order valence-electron chi connectivity index (χ1n) is 5.97. The number of ether oxygens (including phenoxy) is 1. The molecule has 0 rings (SSSR count). The molecule has 9 heteroatoms. The molecule has 0 saturated carbocycles. The Morgan fingerprint density at radius 2 is 1.80 bits per heavy atom. The highest BCUT2D eigenvalue weighted by molar-refractivity contribution is 5.78. The number of carboxylic acid groups (broad SMARTS) is 1. The molecule has 0 aromatic rings. The van der Waals surface area contributed by atoms with Crippen LogP contribution in [-0.2, 0) is 9.53 Å². The molecule has 0 aliphatic rings. The second-order valence-electron chi connectivity index (χ2n) is 4.35. The molecule has 0 aromatic carbocycles. The van der Waals surface area contributed by atoms with Gasteiger partial charge < -0.3 is 15.2 Å². The zero-order chi connectivity index (χ0) is 16.0. The van der Waals surface area contributed by atoms with Crippen LogP contribution in [0.25, 0.3) is 0 Å². The molecular weight excluding hydrogens is 289 g/mol. The highest BCUT2D eigenvalue weighted by atomic mass is 19.4.